The smallest absolute Gasteiger partial charge is 0.224 e. The molecule has 1 fully saturated rings. The number of hydrogen-bond donors (Lipinski definition) is 1. The minimum absolute atomic E-state index is 0.0117. The summed E-state index contributed by atoms with van der Waals surface area (Å²) in [5, 5.41) is 4.01. The van der Waals surface area contributed by atoms with Crippen molar-refractivity contribution < 1.29 is 9.53 Å². The number of carbonyl (C=O) groups is 1. The molecule has 1 saturated heterocycles. The molecule has 0 bridgehead atoms. The van der Waals surface area contributed by atoms with Gasteiger partial charge >= 0.3 is 0 Å². The quantitative estimate of drug-likeness (QED) is 0.934. The number of rotatable bonds is 3. The molecule has 1 aliphatic heterocycles. The third kappa shape index (κ3) is 4.20. The fraction of sp³-hybridized carbons (Fsp3) is 0.529. The Morgan fingerprint density at radius 3 is 2.78 bits per heavy atom. The number of morpholine rings is 1. The van der Waals surface area contributed by atoms with Gasteiger partial charge in [-0.1, -0.05) is 32.1 Å². The maximum atomic E-state index is 12.1. The molecule has 1 amide bonds. The number of thiazole rings is 1. The molecule has 0 unspecified atom stereocenters. The van der Waals surface area contributed by atoms with E-state index in [0.717, 1.165) is 47.3 Å². The fourth-order valence-electron chi connectivity index (χ4n) is 2.57. The van der Waals surface area contributed by atoms with Crippen LogP contribution < -0.4 is 10.2 Å². The summed E-state index contributed by atoms with van der Waals surface area (Å²) in [6, 6.07) is 5.91. The second kappa shape index (κ2) is 6.45. The number of ether oxygens (including phenoxy) is 1. The van der Waals surface area contributed by atoms with Gasteiger partial charge in [-0.3, -0.25) is 4.79 Å². The fourth-order valence-corrected chi connectivity index (χ4v) is 3.62. The number of carbonyl (C=O) groups excluding carboxylic acids is 1. The lowest BCUT2D eigenvalue weighted by Gasteiger charge is -2.25. The summed E-state index contributed by atoms with van der Waals surface area (Å²) in [6.45, 7) is 9.47. The van der Waals surface area contributed by atoms with Crippen molar-refractivity contribution in [2.45, 2.75) is 27.2 Å². The Kier molecular flexibility index (Phi) is 4.55. The Morgan fingerprint density at radius 2 is 2.09 bits per heavy atom. The summed E-state index contributed by atoms with van der Waals surface area (Å²) >= 11 is 1.67. The topological polar surface area (TPSA) is 54.5 Å². The van der Waals surface area contributed by atoms with E-state index in [-0.39, 0.29) is 11.3 Å². The minimum atomic E-state index is -0.0117. The third-order valence-corrected chi connectivity index (χ3v) is 4.71. The minimum Gasteiger partial charge on any atom is -0.378 e. The van der Waals surface area contributed by atoms with Gasteiger partial charge in [0.25, 0.3) is 0 Å². The number of amides is 1. The lowest BCUT2D eigenvalue weighted by molar-refractivity contribution is -0.117. The maximum absolute atomic E-state index is 12.1. The number of hydrogen-bond acceptors (Lipinski definition) is 5. The summed E-state index contributed by atoms with van der Waals surface area (Å²) in [5.74, 6) is 0.0507. The van der Waals surface area contributed by atoms with E-state index in [1.807, 2.05) is 18.2 Å². The summed E-state index contributed by atoms with van der Waals surface area (Å²) in [7, 11) is 0. The first kappa shape index (κ1) is 16.2. The average Bonchev–Trinajstić information content (AvgIpc) is 2.89. The molecular formula is C17H23N3O2S. The Hall–Kier alpha value is -1.66. The molecule has 1 N–H and O–H groups in total. The highest BCUT2D eigenvalue weighted by atomic mass is 32.1. The van der Waals surface area contributed by atoms with Crippen LogP contribution in [0.4, 0.5) is 10.8 Å². The predicted octanol–water partition coefficient (Wildman–Crippen LogP) is 3.51. The van der Waals surface area contributed by atoms with E-state index >= 15 is 0 Å². The highest BCUT2D eigenvalue weighted by Crippen LogP contribution is 2.31. The van der Waals surface area contributed by atoms with Crippen molar-refractivity contribution in [3.63, 3.8) is 0 Å². The first-order valence-electron chi connectivity index (χ1n) is 7.94. The van der Waals surface area contributed by atoms with E-state index in [1.54, 1.807) is 11.3 Å². The van der Waals surface area contributed by atoms with Crippen molar-refractivity contribution in [1.82, 2.24) is 4.98 Å². The van der Waals surface area contributed by atoms with E-state index in [9.17, 15) is 4.79 Å². The third-order valence-electron chi connectivity index (χ3n) is 3.63. The van der Waals surface area contributed by atoms with Crippen molar-refractivity contribution in [3.05, 3.63) is 18.2 Å². The standard InChI is InChI=1S/C17H23N3O2S/c1-17(2,3)11-15(21)18-12-4-5-13-14(10-12)23-16(19-13)20-6-8-22-9-7-20/h4-5,10H,6-9,11H2,1-3H3,(H,18,21). The Labute approximate surface area is 140 Å². The maximum Gasteiger partial charge on any atom is 0.224 e. The van der Waals surface area contributed by atoms with E-state index < -0.39 is 0 Å². The molecule has 2 heterocycles. The van der Waals surface area contributed by atoms with Gasteiger partial charge in [0.2, 0.25) is 5.91 Å². The number of nitrogens with zero attached hydrogens (tertiary/aromatic N) is 2. The van der Waals surface area contributed by atoms with Crippen LogP contribution in [0.25, 0.3) is 10.2 Å². The van der Waals surface area contributed by atoms with Crippen LogP contribution in [0.15, 0.2) is 18.2 Å². The van der Waals surface area contributed by atoms with Crippen LogP contribution in [0.5, 0.6) is 0 Å². The SMILES string of the molecule is CC(C)(C)CC(=O)Nc1ccc2nc(N3CCOCC3)sc2c1. The molecule has 2 aromatic rings. The summed E-state index contributed by atoms with van der Waals surface area (Å²) in [6.07, 6.45) is 0.507. The molecule has 1 aromatic carbocycles. The van der Waals surface area contributed by atoms with Gasteiger partial charge in [-0.05, 0) is 23.6 Å². The summed E-state index contributed by atoms with van der Waals surface area (Å²) in [5.41, 5.74) is 1.80. The predicted molar refractivity (Wildman–Crippen MR) is 95.4 cm³/mol. The zero-order valence-corrected chi connectivity index (χ0v) is 14.7. The van der Waals surface area contributed by atoms with E-state index in [2.05, 4.69) is 31.0 Å². The van der Waals surface area contributed by atoms with Crippen LogP contribution in [0.3, 0.4) is 0 Å². The van der Waals surface area contributed by atoms with Crippen molar-refractivity contribution >= 4 is 38.3 Å². The number of aromatic nitrogens is 1. The normalized spacial score (nSPS) is 15.9. The first-order chi connectivity index (χ1) is 10.9. The van der Waals surface area contributed by atoms with Crippen molar-refractivity contribution in [3.8, 4) is 0 Å². The monoisotopic (exact) mass is 333 g/mol. The summed E-state index contributed by atoms with van der Waals surface area (Å²) < 4.78 is 6.48. The molecule has 1 aromatic heterocycles. The number of benzene rings is 1. The molecule has 0 radical (unpaired) electrons. The van der Waals surface area contributed by atoms with Crippen LogP contribution in [0.2, 0.25) is 0 Å². The molecule has 0 saturated carbocycles. The van der Waals surface area contributed by atoms with Crippen LogP contribution in [0, 0.1) is 5.41 Å². The zero-order chi connectivity index (χ0) is 16.4. The van der Waals surface area contributed by atoms with Crippen LogP contribution in [-0.4, -0.2) is 37.2 Å². The molecule has 23 heavy (non-hydrogen) atoms. The average molecular weight is 333 g/mol. The van der Waals surface area contributed by atoms with Crippen molar-refractivity contribution in [2.75, 3.05) is 36.5 Å². The van der Waals surface area contributed by atoms with Gasteiger partial charge in [0.15, 0.2) is 5.13 Å². The molecule has 0 atom stereocenters. The molecule has 1 aliphatic rings. The van der Waals surface area contributed by atoms with Crippen LogP contribution in [-0.2, 0) is 9.53 Å². The Morgan fingerprint density at radius 1 is 1.35 bits per heavy atom. The lowest BCUT2D eigenvalue weighted by Crippen LogP contribution is -2.36. The van der Waals surface area contributed by atoms with Gasteiger partial charge in [-0.15, -0.1) is 0 Å². The second-order valence-corrected chi connectivity index (χ2v) is 8.07. The molecule has 6 heteroatoms. The van der Waals surface area contributed by atoms with Gasteiger partial charge < -0.3 is 15.0 Å². The molecule has 124 valence electrons. The highest BCUT2D eigenvalue weighted by molar-refractivity contribution is 7.22. The van der Waals surface area contributed by atoms with Gasteiger partial charge in [0.1, 0.15) is 0 Å². The van der Waals surface area contributed by atoms with Crippen LogP contribution in [0.1, 0.15) is 27.2 Å². The Bertz CT molecular complexity index is 699. The molecule has 5 nitrogen and oxygen atoms in total. The van der Waals surface area contributed by atoms with Gasteiger partial charge in [0, 0.05) is 25.2 Å². The number of nitrogens with one attached hydrogen (secondary N) is 1. The first-order valence-corrected chi connectivity index (χ1v) is 8.75. The largest absolute Gasteiger partial charge is 0.378 e. The molecular weight excluding hydrogens is 310 g/mol. The summed E-state index contributed by atoms with van der Waals surface area (Å²) in [4.78, 5) is 19.0. The molecule has 0 spiro atoms. The highest BCUT2D eigenvalue weighted by Gasteiger charge is 2.17. The van der Waals surface area contributed by atoms with Crippen molar-refractivity contribution in [1.29, 1.82) is 0 Å². The van der Waals surface area contributed by atoms with E-state index in [1.165, 1.54) is 0 Å². The van der Waals surface area contributed by atoms with E-state index in [4.69, 9.17) is 9.72 Å². The van der Waals surface area contributed by atoms with Gasteiger partial charge in [0.05, 0.1) is 23.4 Å². The van der Waals surface area contributed by atoms with Gasteiger partial charge in [-0.25, -0.2) is 4.98 Å². The van der Waals surface area contributed by atoms with Crippen LogP contribution >= 0.6 is 11.3 Å². The number of anilines is 2. The van der Waals surface area contributed by atoms with Crippen molar-refractivity contribution in [2.24, 2.45) is 5.41 Å². The number of fused-ring (bicyclic) bond motifs is 1. The van der Waals surface area contributed by atoms with E-state index in [0.29, 0.717) is 6.42 Å². The second-order valence-electron chi connectivity index (χ2n) is 7.06. The zero-order valence-electron chi connectivity index (χ0n) is 13.9. The Balaban J connectivity index is 1.75. The molecule has 0 aliphatic carbocycles. The van der Waals surface area contributed by atoms with Gasteiger partial charge in [-0.2, -0.15) is 0 Å². The molecule has 3 rings (SSSR count). The lowest BCUT2D eigenvalue weighted by atomic mass is 9.92.